The van der Waals surface area contributed by atoms with Crippen molar-refractivity contribution in [2.45, 2.75) is 44.7 Å². The molecular weight excluding hydrogens is 476 g/mol. The first-order valence-corrected chi connectivity index (χ1v) is 13.2. The molecule has 1 N–H and O–H groups in total. The standard InChI is InChI=1S/C30H30N6O2/c1-2-3-9-27-31-30(16-17-38-20-30)29(37)36(27)19-21-10-12-23(13-11-21)26-18-24(22-7-5-4-6-8-22)14-15-25(26)28-32-34-35-33-28/h4-8,10-15,18H,2-3,9,16-17,19-20H2,1H3,(H,32,33,34,35). The van der Waals surface area contributed by atoms with Gasteiger partial charge in [0.25, 0.3) is 5.91 Å². The van der Waals surface area contributed by atoms with Crippen molar-refractivity contribution in [2.24, 2.45) is 4.99 Å². The Bertz CT molecular complexity index is 1440. The molecule has 2 aliphatic rings. The van der Waals surface area contributed by atoms with E-state index < -0.39 is 5.54 Å². The van der Waals surface area contributed by atoms with Crippen LogP contribution in [0.2, 0.25) is 0 Å². The van der Waals surface area contributed by atoms with Crippen LogP contribution in [0.4, 0.5) is 0 Å². The smallest absolute Gasteiger partial charge is 0.258 e. The van der Waals surface area contributed by atoms with Crippen molar-refractivity contribution in [3.05, 3.63) is 78.4 Å². The fraction of sp³-hybridized carbons (Fsp3) is 0.300. The Morgan fingerprint density at radius 1 is 0.974 bits per heavy atom. The molecule has 6 rings (SSSR count). The number of nitrogens with one attached hydrogen (secondary N) is 1. The number of unbranched alkanes of at least 4 members (excludes halogenated alkanes) is 1. The summed E-state index contributed by atoms with van der Waals surface area (Å²) < 4.78 is 5.58. The van der Waals surface area contributed by atoms with Gasteiger partial charge in [-0.2, -0.15) is 0 Å². The average molecular weight is 507 g/mol. The van der Waals surface area contributed by atoms with Gasteiger partial charge < -0.3 is 4.74 Å². The number of tetrazole rings is 1. The first-order valence-electron chi connectivity index (χ1n) is 13.2. The summed E-state index contributed by atoms with van der Waals surface area (Å²) in [5.74, 6) is 1.58. The number of amidine groups is 1. The van der Waals surface area contributed by atoms with Crippen molar-refractivity contribution in [3.8, 4) is 33.6 Å². The Morgan fingerprint density at radius 2 is 1.79 bits per heavy atom. The van der Waals surface area contributed by atoms with Crippen LogP contribution in [0.3, 0.4) is 0 Å². The lowest BCUT2D eigenvalue weighted by Gasteiger charge is -2.22. The summed E-state index contributed by atoms with van der Waals surface area (Å²) in [4.78, 5) is 20.2. The maximum atomic E-state index is 13.5. The molecule has 1 unspecified atom stereocenters. The van der Waals surface area contributed by atoms with Crippen molar-refractivity contribution in [1.82, 2.24) is 25.5 Å². The average Bonchev–Trinajstić information content (AvgIpc) is 3.72. The van der Waals surface area contributed by atoms with E-state index in [1.54, 1.807) is 0 Å². The summed E-state index contributed by atoms with van der Waals surface area (Å²) in [6.45, 7) is 3.63. The summed E-state index contributed by atoms with van der Waals surface area (Å²) in [6.07, 6.45) is 3.54. The summed E-state index contributed by atoms with van der Waals surface area (Å²) >= 11 is 0. The van der Waals surface area contributed by atoms with E-state index in [1.807, 2.05) is 23.1 Å². The largest absolute Gasteiger partial charge is 0.378 e. The fourth-order valence-electron chi connectivity index (χ4n) is 5.27. The molecule has 0 aliphatic carbocycles. The van der Waals surface area contributed by atoms with E-state index in [4.69, 9.17) is 9.73 Å². The van der Waals surface area contributed by atoms with Crippen LogP contribution in [-0.4, -0.2) is 56.0 Å². The van der Waals surface area contributed by atoms with Gasteiger partial charge in [-0.1, -0.05) is 74.0 Å². The number of hydrogen-bond acceptors (Lipinski definition) is 6. The predicted molar refractivity (Wildman–Crippen MR) is 146 cm³/mol. The molecule has 0 bridgehead atoms. The molecule has 38 heavy (non-hydrogen) atoms. The van der Waals surface area contributed by atoms with Crippen LogP contribution in [0.1, 0.15) is 38.2 Å². The van der Waals surface area contributed by atoms with Crippen molar-refractivity contribution >= 4 is 11.7 Å². The molecule has 4 aromatic rings. The van der Waals surface area contributed by atoms with Crippen molar-refractivity contribution < 1.29 is 9.53 Å². The van der Waals surface area contributed by atoms with Gasteiger partial charge in [-0.15, -0.1) is 5.10 Å². The van der Waals surface area contributed by atoms with Gasteiger partial charge in [-0.3, -0.25) is 14.7 Å². The number of nitrogens with zero attached hydrogens (tertiary/aromatic N) is 5. The number of benzene rings is 3. The van der Waals surface area contributed by atoms with Gasteiger partial charge in [-0.05, 0) is 56.8 Å². The minimum Gasteiger partial charge on any atom is -0.378 e. The highest BCUT2D eigenvalue weighted by molar-refractivity contribution is 6.08. The van der Waals surface area contributed by atoms with Crippen LogP contribution in [0.5, 0.6) is 0 Å². The number of carbonyl (C=O) groups is 1. The van der Waals surface area contributed by atoms with E-state index in [0.717, 1.165) is 58.5 Å². The van der Waals surface area contributed by atoms with Crippen molar-refractivity contribution in [1.29, 1.82) is 0 Å². The number of aromatic amines is 1. The molecule has 3 aromatic carbocycles. The second-order valence-corrected chi connectivity index (χ2v) is 9.93. The first-order chi connectivity index (χ1) is 18.7. The number of H-pyrrole nitrogens is 1. The normalized spacial score (nSPS) is 18.9. The summed E-state index contributed by atoms with van der Waals surface area (Å²) in [6, 6.07) is 25.0. The number of amides is 1. The molecule has 3 heterocycles. The highest BCUT2D eigenvalue weighted by atomic mass is 16.5. The summed E-state index contributed by atoms with van der Waals surface area (Å²) in [5.41, 5.74) is 5.60. The lowest BCUT2D eigenvalue weighted by Crippen LogP contribution is -2.42. The second kappa shape index (κ2) is 10.3. The zero-order valence-corrected chi connectivity index (χ0v) is 21.4. The maximum Gasteiger partial charge on any atom is 0.258 e. The summed E-state index contributed by atoms with van der Waals surface area (Å²) in [5, 5.41) is 14.6. The maximum absolute atomic E-state index is 13.5. The number of rotatable bonds is 8. The van der Waals surface area contributed by atoms with Gasteiger partial charge in [0.2, 0.25) is 0 Å². The molecule has 1 amide bonds. The molecule has 8 heteroatoms. The zero-order chi connectivity index (χ0) is 26.0. The van der Waals surface area contributed by atoms with Gasteiger partial charge in [0.1, 0.15) is 5.84 Å². The number of aromatic nitrogens is 4. The Balaban J connectivity index is 1.30. The van der Waals surface area contributed by atoms with Crippen molar-refractivity contribution in [3.63, 3.8) is 0 Å². The van der Waals surface area contributed by atoms with Gasteiger partial charge >= 0.3 is 0 Å². The third-order valence-electron chi connectivity index (χ3n) is 7.39. The Labute approximate surface area is 221 Å². The van der Waals surface area contributed by atoms with E-state index in [0.29, 0.717) is 32.0 Å². The van der Waals surface area contributed by atoms with Gasteiger partial charge in [0.15, 0.2) is 11.4 Å². The lowest BCUT2D eigenvalue weighted by molar-refractivity contribution is -0.131. The third kappa shape index (κ3) is 4.52. The Hall–Kier alpha value is -4.17. The number of carbonyl (C=O) groups excluding carboxylic acids is 1. The topological polar surface area (TPSA) is 96.4 Å². The van der Waals surface area contributed by atoms with Crippen LogP contribution < -0.4 is 0 Å². The fourth-order valence-corrected chi connectivity index (χ4v) is 5.27. The highest BCUT2D eigenvalue weighted by Crippen LogP contribution is 2.36. The lowest BCUT2D eigenvalue weighted by atomic mass is 9.93. The van der Waals surface area contributed by atoms with Crippen LogP contribution >= 0.6 is 0 Å². The highest BCUT2D eigenvalue weighted by Gasteiger charge is 2.50. The molecule has 0 saturated carbocycles. The van der Waals surface area contributed by atoms with Crippen molar-refractivity contribution in [2.75, 3.05) is 13.2 Å². The first kappa shape index (κ1) is 24.2. The quantitative estimate of drug-likeness (QED) is 0.350. The molecule has 1 aromatic heterocycles. The van der Waals surface area contributed by atoms with Crippen LogP contribution in [0, 0.1) is 0 Å². The molecule has 1 atom stereocenters. The number of aliphatic imine (C=N–C) groups is 1. The zero-order valence-electron chi connectivity index (χ0n) is 21.4. The Morgan fingerprint density at radius 3 is 2.50 bits per heavy atom. The molecule has 0 radical (unpaired) electrons. The van der Waals surface area contributed by atoms with E-state index >= 15 is 0 Å². The van der Waals surface area contributed by atoms with E-state index in [2.05, 4.69) is 82.1 Å². The number of hydrogen-bond donors (Lipinski definition) is 1. The molecule has 1 spiro atoms. The van der Waals surface area contributed by atoms with Gasteiger partial charge in [0.05, 0.1) is 13.2 Å². The van der Waals surface area contributed by atoms with E-state index in [9.17, 15) is 4.79 Å². The molecule has 1 fully saturated rings. The van der Waals surface area contributed by atoms with E-state index in [1.165, 1.54) is 0 Å². The minimum absolute atomic E-state index is 0.0702. The Kier molecular flexibility index (Phi) is 6.55. The van der Waals surface area contributed by atoms with Crippen LogP contribution in [0.25, 0.3) is 33.6 Å². The molecular formula is C30H30N6O2. The molecule has 8 nitrogen and oxygen atoms in total. The van der Waals surface area contributed by atoms with Gasteiger partial charge in [-0.25, -0.2) is 5.10 Å². The van der Waals surface area contributed by atoms with E-state index in [-0.39, 0.29) is 5.91 Å². The minimum atomic E-state index is -0.721. The monoisotopic (exact) mass is 506 g/mol. The molecule has 192 valence electrons. The second-order valence-electron chi connectivity index (χ2n) is 9.93. The predicted octanol–water partition coefficient (Wildman–Crippen LogP) is 5.29. The molecule has 1 saturated heterocycles. The van der Waals surface area contributed by atoms with Crippen LogP contribution in [-0.2, 0) is 16.1 Å². The summed E-state index contributed by atoms with van der Waals surface area (Å²) in [7, 11) is 0. The third-order valence-corrected chi connectivity index (χ3v) is 7.39. The van der Waals surface area contributed by atoms with Gasteiger partial charge in [0, 0.05) is 25.0 Å². The molecule has 2 aliphatic heterocycles. The van der Waals surface area contributed by atoms with Crippen LogP contribution in [0.15, 0.2) is 77.8 Å². The SMILES string of the molecule is CCCCC1=NC2(CCOC2)C(=O)N1Cc1ccc(-c2cc(-c3ccccc3)ccc2-c2nnn[nH]2)cc1. The number of ether oxygens (including phenoxy) is 1.